The average molecular weight is 365 g/mol. The SMILES string of the molecule is Cc1cc(CC(=O)NNC(=O)COc2ccccc2-c2ccccc2)no1. The van der Waals surface area contributed by atoms with Gasteiger partial charge in [0.2, 0.25) is 5.91 Å². The molecular formula is C20H19N3O4. The molecule has 7 heteroatoms. The van der Waals surface area contributed by atoms with E-state index in [1.165, 1.54) is 0 Å². The minimum absolute atomic E-state index is 0.00924. The van der Waals surface area contributed by atoms with Crippen LogP contribution in [0.25, 0.3) is 11.1 Å². The standard InChI is InChI=1S/C20H19N3O4/c1-14-11-16(23-27-14)12-19(24)21-22-20(25)13-26-18-10-6-5-9-17(18)15-7-3-2-4-8-15/h2-11H,12-13H2,1H3,(H,21,24)(H,22,25). The molecule has 7 nitrogen and oxygen atoms in total. The molecule has 0 aliphatic carbocycles. The summed E-state index contributed by atoms with van der Waals surface area (Å²) in [6.07, 6.45) is 0.00924. The second-order valence-electron chi connectivity index (χ2n) is 5.85. The van der Waals surface area contributed by atoms with Crippen molar-refractivity contribution < 1.29 is 18.8 Å². The van der Waals surface area contributed by atoms with Gasteiger partial charge in [-0.3, -0.25) is 20.4 Å². The number of aromatic nitrogens is 1. The first-order valence-corrected chi connectivity index (χ1v) is 8.39. The van der Waals surface area contributed by atoms with E-state index in [-0.39, 0.29) is 13.0 Å². The molecule has 0 bridgehead atoms. The Bertz CT molecular complexity index is 922. The Hall–Kier alpha value is -3.61. The zero-order chi connectivity index (χ0) is 19.1. The van der Waals surface area contributed by atoms with Crippen LogP contribution >= 0.6 is 0 Å². The minimum atomic E-state index is -0.470. The highest BCUT2D eigenvalue weighted by atomic mass is 16.5. The van der Waals surface area contributed by atoms with E-state index in [1.807, 2.05) is 48.5 Å². The number of carbonyl (C=O) groups excluding carboxylic acids is 2. The highest BCUT2D eigenvalue weighted by Crippen LogP contribution is 2.29. The summed E-state index contributed by atoms with van der Waals surface area (Å²) in [4.78, 5) is 23.7. The van der Waals surface area contributed by atoms with E-state index in [2.05, 4.69) is 16.0 Å². The Labute approximate surface area is 156 Å². The molecule has 0 saturated heterocycles. The lowest BCUT2D eigenvalue weighted by Crippen LogP contribution is -2.44. The quantitative estimate of drug-likeness (QED) is 0.655. The molecule has 2 amide bonds. The number of para-hydroxylation sites is 1. The summed E-state index contributed by atoms with van der Waals surface area (Å²) in [6, 6.07) is 18.8. The third-order valence-electron chi connectivity index (χ3n) is 3.69. The molecule has 2 aromatic carbocycles. The number of amides is 2. The lowest BCUT2D eigenvalue weighted by molar-refractivity contribution is -0.129. The van der Waals surface area contributed by atoms with Crippen molar-refractivity contribution in [3.8, 4) is 16.9 Å². The molecule has 138 valence electrons. The maximum atomic E-state index is 11.9. The highest BCUT2D eigenvalue weighted by molar-refractivity contribution is 5.83. The first kappa shape index (κ1) is 18.2. The first-order valence-electron chi connectivity index (χ1n) is 8.39. The van der Waals surface area contributed by atoms with Crippen LogP contribution in [0.2, 0.25) is 0 Å². The van der Waals surface area contributed by atoms with Crippen LogP contribution in [0.3, 0.4) is 0 Å². The summed E-state index contributed by atoms with van der Waals surface area (Å²) in [5.74, 6) is 0.333. The molecule has 0 aliphatic heterocycles. The second-order valence-corrected chi connectivity index (χ2v) is 5.85. The average Bonchev–Trinajstić information content (AvgIpc) is 3.10. The van der Waals surface area contributed by atoms with Crippen molar-refractivity contribution in [2.45, 2.75) is 13.3 Å². The molecule has 3 rings (SSSR count). The van der Waals surface area contributed by atoms with Crippen LogP contribution in [0.4, 0.5) is 0 Å². The predicted octanol–water partition coefficient (Wildman–Crippen LogP) is 2.42. The molecule has 0 unspecified atom stereocenters. The van der Waals surface area contributed by atoms with Crippen LogP contribution in [0.15, 0.2) is 65.2 Å². The van der Waals surface area contributed by atoms with Gasteiger partial charge in [0.15, 0.2) is 6.61 Å². The second kappa shape index (κ2) is 8.66. The Morgan fingerprint density at radius 1 is 1.00 bits per heavy atom. The molecule has 2 N–H and O–H groups in total. The minimum Gasteiger partial charge on any atom is -0.483 e. The third kappa shape index (κ3) is 5.18. The molecule has 0 saturated carbocycles. The zero-order valence-electron chi connectivity index (χ0n) is 14.8. The molecule has 3 aromatic rings. The van der Waals surface area contributed by atoms with Crippen LogP contribution in [-0.2, 0) is 16.0 Å². The van der Waals surface area contributed by atoms with Crippen LogP contribution in [0, 0.1) is 6.92 Å². The number of hydrazine groups is 1. The largest absolute Gasteiger partial charge is 0.483 e. The number of aryl methyl sites for hydroxylation is 1. The molecule has 1 aromatic heterocycles. The molecule has 0 fully saturated rings. The van der Waals surface area contributed by atoms with Gasteiger partial charge in [0.05, 0.1) is 12.1 Å². The molecule has 0 atom stereocenters. The summed E-state index contributed by atoms with van der Waals surface area (Å²) in [5.41, 5.74) is 7.01. The number of rotatable bonds is 6. The number of hydrogen-bond acceptors (Lipinski definition) is 5. The fraction of sp³-hybridized carbons (Fsp3) is 0.150. The fourth-order valence-corrected chi connectivity index (χ4v) is 2.48. The normalized spacial score (nSPS) is 10.3. The molecule has 27 heavy (non-hydrogen) atoms. The van der Waals surface area contributed by atoms with Crippen molar-refractivity contribution in [3.63, 3.8) is 0 Å². The molecule has 0 radical (unpaired) electrons. The maximum Gasteiger partial charge on any atom is 0.276 e. The van der Waals surface area contributed by atoms with Crippen molar-refractivity contribution in [3.05, 3.63) is 72.1 Å². The number of benzene rings is 2. The number of nitrogens with zero attached hydrogens (tertiary/aromatic N) is 1. The van der Waals surface area contributed by atoms with Crippen LogP contribution in [0.1, 0.15) is 11.5 Å². The Kier molecular flexibility index (Phi) is 5.84. The van der Waals surface area contributed by atoms with E-state index in [1.54, 1.807) is 19.1 Å². The molecule has 0 aliphatic rings. The Morgan fingerprint density at radius 3 is 2.44 bits per heavy atom. The fourth-order valence-electron chi connectivity index (χ4n) is 2.48. The first-order chi connectivity index (χ1) is 13.1. The topological polar surface area (TPSA) is 93.5 Å². The van der Waals surface area contributed by atoms with Gasteiger partial charge in [-0.25, -0.2) is 0 Å². The maximum absolute atomic E-state index is 11.9. The van der Waals surface area contributed by atoms with E-state index in [4.69, 9.17) is 9.26 Å². The van der Waals surface area contributed by atoms with Gasteiger partial charge in [-0.05, 0) is 18.6 Å². The van der Waals surface area contributed by atoms with E-state index in [9.17, 15) is 9.59 Å². The van der Waals surface area contributed by atoms with Gasteiger partial charge in [0.1, 0.15) is 11.5 Å². The van der Waals surface area contributed by atoms with Crippen molar-refractivity contribution in [2.75, 3.05) is 6.61 Å². The Balaban J connectivity index is 1.50. The summed E-state index contributed by atoms with van der Waals surface area (Å²) in [7, 11) is 0. The van der Waals surface area contributed by atoms with E-state index in [0.29, 0.717) is 17.2 Å². The van der Waals surface area contributed by atoms with Crippen molar-refractivity contribution in [1.29, 1.82) is 0 Å². The van der Waals surface area contributed by atoms with Gasteiger partial charge >= 0.3 is 0 Å². The number of ether oxygens (including phenoxy) is 1. The Morgan fingerprint density at radius 2 is 1.70 bits per heavy atom. The van der Waals surface area contributed by atoms with Crippen LogP contribution in [-0.4, -0.2) is 23.6 Å². The van der Waals surface area contributed by atoms with Gasteiger partial charge < -0.3 is 9.26 Å². The van der Waals surface area contributed by atoms with Crippen molar-refractivity contribution in [2.24, 2.45) is 0 Å². The smallest absolute Gasteiger partial charge is 0.276 e. The molecule has 1 heterocycles. The summed E-state index contributed by atoms with van der Waals surface area (Å²) < 4.78 is 10.5. The molecule has 0 spiro atoms. The van der Waals surface area contributed by atoms with Crippen molar-refractivity contribution in [1.82, 2.24) is 16.0 Å². The predicted molar refractivity (Wildman–Crippen MR) is 98.6 cm³/mol. The van der Waals surface area contributed by atoms with Crippen LogP contribution in [0.5, 0.6) is 5.75 Å². The number of carbonyl (C=O) groups is 2. The van der Waals surface area contributed by atoms with Crippen LogP contribution < -0.4 is 15.6 Å². The van der Waals surface area contributed by atoms with E-state index in [0.717, 1.165) is 11.1 Å². The summed E-state index contributed by atoms with van der Waals surface area (Å²) in [6.45, 7) is 1.51. The summed E-state index contributed by atoms with van der Waals surface area (Å²) in [5, 5.41) is 3.72. The summed E-state index contributed by atoms with van der Waals surface area (Å²) >= 11 is 0. The van der Waals surface area contributed by atoms with Gasteiger partial charge in [-0.15, -0.1) is 0 Å². The van der Waals surface area contributed by atoms with Gasteiger partial charge in [-0.1, -0.05) is 53.7 Å². The van der Waals surface area contributed by atoms with Gasteiger partial charge in [-0.2, -0.15) is 0 Å². The van der Waals surface area contributed by atoms with Gasteiger partial charge in [0, 0.05) is 11.6 Å². The van der Waals surface area contributed by atoms with E-state index < -0.39 is 11.8 Å². The lowest BCUT2D eigenvalue weighted by Gasteiger charge is -2.12. The lowest BCUT2D eigenvalue weighted by atomic mass is 10.1. The molecular weight excluding hydrogens is 346 g/mol. The number of hydrogen-bond donors (Lipinski definition) is 2. The monoisotopic (exact) mass is 365 g/mol. The third-order valence-corrected chi connectivity index (χ3v) is 3.69. The van der Waals surface area contributed by atoms with Gasteiger partial charge in [0.25, 0.3) is 5.91 Å². The van der Waals surface area contributed by atoms with E-state index >= 15 is 0 Å². The highest BCUT2D eigenvalue weighted by Gasteiger charge is 2.11. The zero-order valence-corrected chi connectivity index (χ0v) is 14.8. The number of nitrogens with one attached hydrogen (secondary N) is 2. The van der Waals surface area contributed by atoms with Crippen molar-refractivity contribution >= 4 is 11.8 Å².